The van der Waals surface area contributed by atoms with Gasteiger partial charge in [-0.05, 0) is 30.4 Å². The number of anilines is 1. The number of thioether (sulfide) groups is 1. The predicted molar refractivity (Wildman–Crippen MR) is 77.1 cm³/mol. The van der Waals surface area contributed by atoms with E-state index in [1.807, 2.05) is 12.3 Å². The molecule has 0 radical (unpaired) electrons. The second kappa shape index (κ2) is 6.87. The molecule has 1 aromatic carbocycles. The van der Waals surface area contributed by atoms with Crippen LogP contribution < -0.4 is 5.32 Å². The fourth-order valence-electron chi connectivity index (χ4n) is 1.78. The van der Waals surface area contributed by atoms with Gasteiger partial charge in [0.05, 0.1) is 0 Å². The number of nitrogens with one attached hydrogen (secondary N) is 1. The molecule has 0 aliphatic rings. The summed E-state index contributed by atoms with van der Waals surface area (Å²) in [6, 6.07) is 8.57. The van der Waals surface area contributed by atoms with Gasteiger partial charge in [0.1, 0.15) is 34.6 Å². The number of halogens is 1. The van der Waals surface area contributed by atoms with Crippen LogP contribution in [0.5, 0.6) is 0 Å². The molecule has 1 N–H and O–H groups in total. The van der Waals surface area contributed by atoms with Gasteiger partial charge in [0, 0.05) is 6.54 Å². The summed E-state index contributed by atoms with van der Waals surface area (Å²) in [6.07, 6.45) is 3.94. The largest absolute Gasteiger partial charge is 0.369 e. The lowest BCUT2D eigenvalue weighted by Crippen LogP contribution is -2.09. The van der Waals surface area contributed by atoms with Gasteiger partial charge in [0.25, 0.3) is 0 Å². The Morgan fingerprint density at radius 2 is 2.25 bits per heavy atom. The van der Waals surface area contributed by atoms with Crippen LogP contribution in [0.2, 0.25) is 0 Å². The maximum atomic E-state index is 13.0. The number of nitrogens with zero attached hydrogens (tertiary/aromatic N) is 3. The third kappa shape index (κ3) is 3.45. The van der Waals surface area contributed by atoms with E-state index in [1.54, 1.807) is 6.07 Å². The lowest BCUT2D eigenvalue weighted by molar-refractivity contribution is 0.625. The molecule has 0 unspecified atom stereocenters. The van der Waals surface area contributed by atoms with E-state index in [9.17, 15) is 4.39 Å². The van der Waals surface area contributed by atoms with Crippen molar-refractivity contribution in [3.8, 4) is 6.07 Å². The van der Waals surface area contributed by atoms with Crippen LogP contribution in [-0.2, 0) is 6.42 Å². The lowest BCUT2D eigenvalue weighted by Gasteiger charge is -2.08. The van der Waals surface area contributed by atoms with Gasteiger partial charge in [-0.25, -0.2) is 14.4 Å². The summed E-state index contributed by atoms with van der Waals surface area (Å²) in [5.74, 6) is 0.273. The molecule has 0 fully saturated rings. The molecule has 1 heterocycles. The van der Waals surface area contributed by atoms with Crippen molar-refractivity contribution in [2.45, 2.75) is 11.4 Å². The van der Waals surface area contributed by atoms with E-state index < -0.39 is 0 Å². The highest BCUT2D eigenvalue weighted by Crippen LogP contribution is 2.21. The number of hydrogen-bond donors (Lipinski definition) is 1. The van der Waals surface area contributed by atoms with E-state index in [1.165, 1.54) is 30.2 Å². The van der Waals surface area contributed by atoms with Crippen LogP contribution >= 0.6 is 11.8 Å². The predicted octanol–water partition coefficient (Wildman–Crippen LogP) is 2.86. The minimum Gasteiger partial charge on any atom is -0.369 e. The van der Waals surface area contributed by atoms with Crippen molar-refractivity contribution in [3.63, 3.8) is 0 Å². The Labute approximate surface area is 121 Å². The zero-order valence-corrected chi connectivity index (χ0v) is 11.7. The Morgan fingerprint density at radius 3 is 2.95 bits per heavy atom. The van der Waals surface area contributed by atoms with Crippen LogP contribution in [0, 0.1) is 17.1 Å². The van der Waals surface area contributed by atoms with Crippen LogP contribution in [0.4, 0.5) is 10.2 Å². The van der Waals surface area contributed by atoms with Gasteiger partial charge < -0.3 is 5.32 Å². The normalized spacial score (nSPS) is 10.1. The summed E-state index contributed by atoms with van der Waals surface area (Å²) in [7, 11) is 0. The molecule has 4 nitrogen and oxygen atoms in total. The first-order valence-electron chi connectivity index (χ1n) is 6.02. The van der Waals surface area contributed by atoms with Crippen molar-refractivity contribution in [3.05, 3.63) is 47.5 Å². The highest BCUT2D eigenvalue weighted by molar-refractivity contribution is 7.98. The Morgan fingerprint density at radius 1 is 1.40 bits per heavy atom. The van der Waals surface area contributed by atoms with E-state index in [-0.39, 0.29) is 5.82 Å². The Balaban J connectivity index is 2.03. The van der Waals surface area contributed by atoms with E-state index >= 15 is 0 Å². The number of aromatic nitrogens is 2. The van der Waals surface area contributed by atoms with Crippen LogP contribution in [0.25, 0.3) is 0 Å². The molecule has 2 aromatic rings. The molecule has 1 aromatic heterocycles. The molecule has 20 heavy (non-hydrogen) atoms. The zero-order chi connectivity index (χ0) is 14.4. The molecular weight excluding hydrogens is 275 g/mol. The van der Waals surface area contributed by atoms with E-state index in [4.69, 9.17) is 5.26 Å². The first-order valence-corrected chi connectivity index (χ1v) is 7.24. The quantitative estimate of drug-likeness (QED) is 0.677. The minimum absolute atomic E-state index is 0.244. The van der Waals surface area contributed by atoms with Gasteiger partial charge in [0.15, 0.2) is 0 Å². The van der Waals surface area contributed by atoms with Crippen molar-refractivity contribution < 1.29 is 4.39 Å². The summed E-state index contributed by atoms with van der Waals surface area (Å²) < 4.78 is 13.0. The Hall–Kier alpha value is -2.13. The Kier molecular flexibility index (Phi) is 4.91. The van der Waals surface area contributed by atoms with E-state index in [0.717, 1.165) is 5.56 Å². The van der Waals surface area contributed by atoms with Crippen molar-refractivity contribution in [2.75, 3.05) is 18.1 Å². The van der Waals surface area contributed by atoms with Gasteiger partial charge >= 0.3 is 0 Å². The summed E-state index contributed by atoms with van der Waals surface area (Å²) >= 11 is 1.40. The Bertz CT molecular complexity index is 639. The second-order valence-electron chi connectivity index (χ2n) is 4.03. The molecular formula is C14H13FN4S. The maximum Gasteiger partial charge on any atom is 0.148 e. The van der Waals surface area contributed by atoms with E-state index in [0.29, 0.717) is 29.4 Å². The van der Waals surface area contributed by atoms with Gasteiger partial charge in [-0.1, -0.05) is 12.1 Å². The summed E-state index contributed by atoms with van der Waals surface area (Å²) in [4.78, 5) is 8.12. The molecule has 0 aliphatic heterocycles. The average molecular weight is 288 g/mol. The van der Waals surface area contributed by atoms with Crippen molar-refractivity contribution in [2.24, 2.45) is 0 Å². The third-order valence-electron chi connectivity index (χ3n) is 2.71. The summed E-state index contributed by atoms with van der Waals surface area (Å²) in [5, 5.41) is 12.9. The minimum atomic E-state index is -0.244. The molecule has 0 atom stereocenters. The standard InChI is InChI=1S/C14H13FN4S/c1-20-14-12(8-16)13(18-9-19-14)17-6-5-10-3-2-4-11(15)7-10/h2-4,7,9H,5-6H2,1H3,(H,17,18,19). The molecule has 0 saturated carbocycles. The molecule has 2 rings (SSSR count). The van der Waals surface area contributed by atoms with Crippen molar-refractivity contribution >= 4 is 17.6 Å². The molecule has 0 spiro atoms. The van der Waals surface area contributed by atoms with Crippen molar-refractivity contribution in [1.82, 2.24) is 9.97 Å². The van der Waals surface area contributed by atoms with E-state index in [2.05, 4.69) is 21.4 Å². The van der Waals surface area contributed by atoms with Crippen LogP contribution in [0.3, 0.4) is 0 Å². The van der Waals surface area contributed by atoms with Gasteiger partial charge in [-0.3, -0.25) is 0 Å². The molecule has 0 amide bonds. The van der Waals surface area contributed by atoms with Crippen molar-refractivity contribution in [1.29, 1.82) is 5.26 Å². The SMILES string of the molecule is CSc1ncnc(NCCc2cccc(F)c2)c1C#N. The molecule has 0 aliphatic carbocycles. The smallest absolute Gasteiger partial charge is 0.148 e. The van der Waals surface area contributed by atoms with Gasteiger partial charge in [-0.2, -0.15) is 5.26 Å². The highest BCUT2D eigenvalue weighted by atomic mass is 32.2. The number of hydrogen-bond acceptors (Lipinski definition) is 5. The first kappa shape index (κ1) is 14.3. The lowest BCUT2D eigenvalue weighted by atomic mass is 10.1. The fraction of sp³-hybridized carbons (Fsp3) is 0.214. The fourth-order valence-corrected chi connectivity index (χ4v) is 2.28. The van der Waals surface area contributed by atoms with Crippen LogP contribution in [0.1, 0.15) is 11.1 Å². The molecule has 102 valence electrons. The molecule has 0 bridgehead atoms. The second-order valence-corrected chi connectivity index (χ2v) is 4.82. The van der Waals surface area contributed by atoms with Crippen LogP contribution in [-0.4, -0.2) is 22.8 Å². The van der Waals surface area contributed by atoms with Gasteiger partial charge in [-0.15, -0.1) is 11.8 Å². The number of nitriles is 1. The summed E-state index contributed by atoms with van der Waals surface area (Å²) in [5.41, 5.74) is 1.34. The van der Waals surface area contributed by atoms with Gasteiger partial charge in [0.2, 0.25) is 0 Å². The molecule has 6 heteroatoms. The monoisotopic (exact) mass is 288 g/mol. The first-order chi connectivity index (χ1) is 9.74. The summed E-state index contributed by atoms with van der Waals surface area (Å²) in [6.45, 7) is 0.572. The highest BCUT2D eigenvalue weighted by Gasteiger charge is 2.09. The zero-order valence-electron chi connectivity index (χ0n) is 10.9. The average Bonchev–Trinajstić information content (AvgIpc) is 2.47. The topological polar surface area (TPSA) is 61.6 Å². The number of benzene rings is 1. The molecule has 0 saturated heterocycles. The third-order valence-corrected chi connectivity index (χ3v) is 3.41. The van der Waals surface area contributed by atoms with Crippen LogP contribution in [0.15, 0.2) is 35.6 Å². The maximum absolute atomic E-state index is 13.0. The number of rotatable bonds is 5.